The fourth-order valence-electron chi connectivity index (χ4n) is 2.66. The van der Waals surface area contributed by atoms with Crippen LogP contribution in [-0.2, 0) is 0 Å². The van der Waals surface area contributed by atoms with Gasteiger partial charge in [0.05, 0.1) is 6.61 Å². The molecule has 2 rings (SSSR count). The number of benzene rings is 2. The van der Waals surface area contributed by atoms with Crippen molar-refractivity contribution < 1.29 is 9.90 Å². The summed E-state index contributed by atoms with van der Waals surface area (Å²) < 4.78 is 0. The van der Waals surface area contributed by atoms with Gasteiger partial charge in [-0.05, 0) is 43.2 Å². The van der Waals surface area contributed by atoms with Crippen LogP contribution >= 0.6 is 0 Å². The minimum atomic E-state index is -0.276. The number of ketones is 1. The van der Waals surface area contributed by atoms with Gasteiger partial charge in [-0.3, -0.25) is 4.79 Å². The summed E-state index contributed by atoms with van der Waals surface area (Å²) in [5.41, 5.74) is 3.45. The summed E-state index contributed by atoms with van der Waals surface area (Å²) in [5.74, 6) is -0.276. The molecule has 2 aromatic rings. The van der Waals surface area contributed by atoms with Crippen molar-refractivity contribution in [3.05, 3.63) is 70.8 Å². The van der Waals surface area contributed by atoms with E-state index in [0.29, 0.717) is 12.1 Å². The zero-order chi connectivity index (χ0) is 18.2. The maximum atomic E-state index is 12.5. The predicted octanol–water partition coefficient (Wildman–Crippen LogP) is 3.60. The van der Waals surface area contributed by atoms with Crippen molar-refractivity contribution in [1.82, 2.24) is 0 Å². The summed E-state index contributed by atoms with van der Waals surface area (Å²) in [4.78, 5) is 14.5. The molecule has 0 radical (unpaired) electrons. The highest BCUT2D eigenvalue weighted by Crippen LogP contribution is 2.22. The third-order valence-corrected chi connectivity index (χ3v) is 4.07. The van der Waals surface area contributed by atoms with Gasteiger partial charge in [-0.1, -0.05) is 36.4 Å². The Morgan fingerprint density at radius 2 is 1.96 bits per heavy atom. The van der Waals surface area contributed by atoms with Gasteiger partial charge in [0.15, 0.2) is 0 Å². The molecule has 0 atom stereocenters. The Morgan fingerprint density at radius 3 is 2.52 bits per heavy atom. The van der Waals surface area contributed by atoms with Gasteiger partial charge in [0, 0.05) is 24.3 Å². The SMILES string of the molecule is CCN(CCO)c1ccc(/C=C(\C#N)C(=O)c2ccccc2)c(C)c1. The van der Waals surface area contributed by atoms with Crippen molar-refractivity contribution in [2.24, 2.45) is 0 Å². The number of allylic oxidation sites excluding steroid dienone is 1. The topological polar surface area (TPSA) is 64.3 Å². The standard InChI is InChI=1S/C21H22N2O2/c1-3-23(11-12-24)20-10-9-18(16(2)13-20)14-19(15-22)21(25)17-7-5-4-6-8-17/h4-10,13-14,24H,3,11-12H2,1-2H3/b19-14+. The number of hydrogen-bond acceptors (Lipinski definition) is 4. The molecule has 128 valence electrons. The Balaban J connectivity index is 2.32. The van der Waals surface area contributed by atoms with E-state index in [-0.39, 0.29) is 18.0 Å². The van der Waals surface area contributed by atoms with Crippen molar-refractivity contribution in [1.29, 1.82) is 5.26 Å². The maximum Gasteiger partial charge on any atom is 0.203 e. The number of hydrogen-bond donors (Lipinski definition) is 1. The number of aliphatic hydroxyl groups is 1. The second-order valence-corrected chi connectivity index (χ2v) is 5.71. The highest BCUT2D eigenvalue weighted by atomic mass is 16.3. The molecule has 0 heterocycles. The summed E-state index contributed by atoms with van der Waals surface area (Å²) in [5, 5.41) is 18.5. The lowest BCUT2D eigenvalue weighted by atomic mass is 9.99. The molecule has 0 spiro atoms. The fourth-order valence-corrected chi connectivity index (χ4v) is 2.66. The molecule has 0 aliphatic heterocycles. The van der Waals surface area contributed by atoms with Crippen LogP contribution < -0.4 is 4.90 Å². The van der Waals surface area contributed by atoms with Gasteiger partial charge < -0.3 is 10.0 Å². The van der Waals surface area contributed by atoms with Crippen molar-refractivity contribution in [2.45, 2.75) is 13.8 Å². The van der Waals surface area contributed by atoms with Crippen molar-refractivity contribution in [3.8, 4) is 6.07 Å². The van der Waals surface area contributed by atoms with E-state index in [1.54, 1.807) is 30.3 Å². The highest BCUT2D eigenvalue weighted by molar-refractivity contribution is 6.14. The number of rotatable bonds is 7. The molecule has 25 heavy (non-hydrogen) atoms. The van der Waals surface area contributed by atoms with E-state index in [4.69, 9.17) is 5.11 Å². The van der Waals surface area contributed by atoms with Crippen LogP contribution in [0.1, 0.15) is 28.4 Å². The summed E-state index contributed by atoms with van der Waals surface area (Å²) in [6, 6.07) is 16.7. The van der Waals surface area contributed by atoms with Crippen LogP contribution in [0.25, 0.3) is 6.08 Å². The van der Waals surface area contributed by atoms with Gasteiger partial charge >= 0.3 is 0 Å². The number of Topliss-reactive ketones (excluding diaryl/α,β-unsaturated/α-hetero) is 1. The number of nitriles is 1. The Kier molecular flexibility index (Phi) is 6.50. The lowest BCUT2D eigenvalue weighted by molar-refractivity contribution is 0.104. The Labute approximate surface area is 148 Å². The van der Waals surface area contributed by atoms with Crippen LogP contribution in [0.2, 0.25) is 0 Å². The molecule has 2 aromatic carbocycles. The van der Waals surface area contributed by atoms with E-state index in [1.165, 1.54) is 0 Å². The molecular formula is C21H22N2O2. The number of carbonyl (C=O) groups is 1. The molecule has 4 heteroatoms. The predicted molar refractivity (Wildman–Crippen MR) is 101 cm³/mol. The molecule has 0 bridgehead atoms. The largest absolute Gasteiger partial charge is 0.395 e. The van der Waals surface area contributed by atoms with Gasteiger partial charge in [-0.15, -0.1) is 0 Å². The molecule has 0 saturated carbocycles. The van der Waals surface area contributed by atoms with Gasteiger partial charge in [0.2, 0.25) is 5.78 Å². The Morgan fingerprint density at radius 1 is 1.24 bits per heavy atom. The number of anilines is 1. The number of likely N-dealkylation sites (N-methyl/N-ethyl adjacent to an activating group) is 1. The van der Waals surface area contributed by atoms with Crippen molar-refractivity contribution >= 4 is 17.5 Å². The van der Waals surface area contributed by atoms with Crippen molar-refractivity contribution in [2.75, 3.05) is 24.6 Å². The summed E-state index contributed by atoms with van der Waals surface area (Å²) in [6.07, 6.45) is 1.64. The van der Waals surface area contributed by atoms with Gasteiger partial charge in [0.25, 0.3) is 0 Å². The van der Waals surface area contributed by atoms with Crippen LogP contribution in [0.15, 0.2) is 54.1 Å². The quantitative estimate of drug-likeness (QED) is 0.477. The van der Waals surface area contributed by atoms with Gasteiger partial charge in [0.1, 0.15) is 11.6 Å². The minimum absolute atomic E-state index is 0.0959. The van der Waals surface area contributed by atoms with E-state index >= 15 is 0 Å². The molecular weight excluding hydrogens is 312 g/mol. The number of aryl methyl sites for hydroxylation is 1. The van der Waals surface area contributed by atoms with E-state index in [9.17, 15) is 10.1 Å². The molecule has 0 aliphatic rings. The zero-order valence-corrected chi connectivity index (χ0v) is 14.6. The monoisotopic (exact) mass is 334 g/mol. The lowest BCUT2D eigenvalue weighted by Crippen LogP contribution is -2.26. The highest BCUT2D eigenvalue weighted by Gasteiger charge is 2.12. The average molecular weight is 334 g/mol. The normalized spacial score (nSPS) is 11.0. The van der Waals surface area contributed by atoms with E-state index in [0.717, 1.165) is 23.4 Å². The Bertz CT molecular complexity index is 804. The molecule has 0 fully saturated rings. The lowest BCUT2D eigenvalue weighted by Gasteiger charge is -2.22. The Hall–Kier alpha value is -2.90. The number of aliphatic hydroxyl groups excluding tert-OH is 1. The number of carbonyl (C=O) groups excluding carboxylic acids is 1. The summed E-state index contributed by atoms with van der Waals surface area (Å²) in [7, 11) is 0. The molecule has 0 amide bonds. The first-order chi connectivity index (χ1) is 12.1. The first kappa shape index (κ1) is 18.4. The maximum absolute atomic E-state index is 12.5. The van der Waals surface area contributed by atoms with Crippen LogP contribution in [0, 0.1) is 18.3 Å². The molecule has 0 unspecified atom stereocenters. The zero-order valence-electron chi connectivity index (χ0n) is 14.6. The first-order valence-corrected chi connectivity index (χ1v) is 8.28. The second kappa shape index (κ2) is 8.81. The third-order valence-electron chi connectivity index (χ3n) is 4.07. The minimum Gasteiger partial charge on any atom is -0.395 e. The van der Waals surface area contributed by atoms with Gasteiger partial charge in [-0.2, -0.15) is 5.26 Å². The summed E-state index contributed by atoms with van der Waals surface area (Å²) >= 11 is 0. The summed E-state index contributed by atoms with van der Waals surface area (Å²) in [6.45, 7) is 5.44. The van der Waals surface area contributed by atoms with Gasteiger partial charge in [-0.25, -0.2) is 0 Å². The van der Waals surface area contributed by atoms with E-state index in [2.05, 4.69) is 4.90 Å². The molecule has 0 aliphatic carbocycles. The van der Waals surface area contributed by atoms with Crippen LogP contribution in [-0.4, -0.2) is 30.6 Å². The average Bonchev–Trinajstić information content (AvgIpc) is 2.65. The van der Waals surface area contributed by atoms with Crippen LogP contribution in [0.4, 0.5) is 5.69 Å². The van der Waals surface area contributed by atoms with E-state index in [1.807, 2.05) is 44.2 Å². The van der Waals surface area contributed by atoms with E-state index < -0.39 is 0 Å². The third kappa shape index (κ3) is 4.56. The van der Waals surface area contributed by atoms with Crippen molar-refractivity contribution in [3.63, 3.8) is 0 Å². The molecule has 0 saturated heterocycles. The second-order valence-electron chi connectivity index (χ2n) is 5.71. The molecule has 4 nitrogen and oxygen atoms in total. The first-order valence-electron chi connectivity index (χ1n) is 8.28. The smallest absolute Gasteiger partial charge is 0.203 e. The van der Waals surface area contributed by atoms with Crippen LogP contribution in [0.5, 0.6) is 0 Å². The number of nitrogens with zero attached hydrogens (tertiary/aromatic N) is 2. The fraction of sp³-hybridized carbons (Fsp3) is 0.238. The molecule has 0 aromatic heterocycles. The van der Waals surface area contributed by atoms with Crippen LogP contribution in [0.3, 0.4) is 0 Å². The molecule has 1 N–H and O–H groups in total.